The van der Waals surface area contributed by atoms with E-state index in [-0.39, 0.29) is 18.0 Å². The average Bonchev–Trinajstić information content (AvgIpc) is 3.03. The second kappa shape index (κ2) is 7.55. The minimum atomic E-state index is -0.223. The standard InChI is InChI=1S/C23H25N3O4/c1-25-18-13-15(6-8-17(18)23(28)26-10-4-2-3-5-21(25)26)22(27)24-16-7-9-19-20(14-16)30-12-11-29-19/h6-9,13-14,21H,2-5,10-12H2,1H3,(H,24,27). The molecule has 0 aliphatic carbocycles. The Morgan fingerprint density at radius 2 is 1.87 bits per heavy atom. The molecule has 0 radical (unpaired) electrons. The summed E-state index contributed by atoms with van der Waals surface area (Å²) in [6, 6.07) is 10.7. The van der Waals surface area contributed by atoms with E-state index in [4.69, 9.17) is 9.47 Å². The van der Waals surface area contributed by atoms with Crippen LogP contribution in [0.3, 0.4) is 0 Å². The predicted octanol–water partition coefficient (Wildman–Crippen LogP) is 3.50. The van der Waals surface area contributed by atoms with Crippen molar-refractivity contribution < 1.29 is 19.1 Å². The Hall–Kier alpha value is -3.22. The molecule has 2 aromatic carbocycles. The smallest absolute Gasteiger partial charge is 0.257 e. The van der Waals surface area contributed by atoms with E-state index in [1.165, 1.54) is 0 Å². The van der Waals surface area contributed by atoms with Gasteiger partial charge in [-0.1, -0.05) is 6.42 Å². The number of carbonyl (C=O) groups is 2. The van der Waals surface area contributed by atoms with Crippen molar-refractivity contribution in [2.75, 3.05) is 37.0 Å². The molecule has 30 heavy (non-hydrogen) atoms. The number of benzene rings is 2. The van der Waals surface area contributed by atoms with Crippen LogP contribution < -0.4 is 19.7 Å². The SMILES string of the molecule is CN1c2cc(C(=O)Nc3ccc4c(c3)OCCO4)ccc2C(=O)N2CCCCCC21. The van der Waals surface area contributed by atoms with Crippen LogP contribution in [0.5, 0.6) is 11.5 Å². The maximum absolute atomic E-state index is 13.0. The fourth-order valence-electron chi connectivity index (χ4n) is 4.52. The number of amides is 2. The minimum absolute atomic E-state index is 0.0589. The Morgan fingerprint density at radius 3 is 2.73 bits per heavy atom. The molecule has 2 amide bonds. The summed E-state index contributed by atoms with van der Waals surface area (Å²) in [5.41, 5.74) is 2.64. The van der Waals surface area contributed by atoms with Gasteiger partial charge in [0.2, 0.25) is 0 Å². The summed E-state index contributed by atoms with van der Waals surface area (Å²) < 4.78 is 11.1. The molecule has 0 bridgehead atoms. The summed E-state index contributed by atoms with van der Waals surface area (Å²) >= 11 is 0. The Balaban J connectivity index is 1.40. The average molecular weight is 407 g/mol. The van der Waals surface area contributed by atoms with Crippen molar-refractivity contribution in [1.29, 1.82) is 0 Å². The first-order valence-corrected chi connectivity index (χ1v) is 10.5. The van der Waals surface area contributed by atoms with Crippen molar-refractivity contribution >= 4 is 23.2 Å². The Bertz CT molecular complexity index is 1010. The zero-order valence-electron chi connectivity index (χ0n) is 17.0. The minimum Gasteiger partial charge on any atom is -0.486 e. The number of anilines is 2. The quantitative estimate of drug-likeness (QED) is 0.825. The van der Waals surface area contributed by atoms with Crippen LogP contribution >= 0.6 is 0 Å². The van der Waals surface area contributed by atoms with Gasteiger partial charge in [-0.3, -0.25) is 9.59 Å². The molecule has 0 aromatic heterocycles. The highest BCUT2D eigenvalue weighted by atomic mass is 16.6. The number of nitrogens with one attached hydrogen (secondary N) is 1. The van der Waals surface area contributed by atoms with Crippen LogP contribution in [0.25, 0.3) is 0 Å². The molecule has 3 aliphatic heterocycles. The number of rotatable bonds is 2. The number of ether oxygens (including phenoxy) is 2. The van der Waals surface area contributed by atoms with Gasteiger partial charge in [-0.05, 0) is 49.6 Å². The lowest BCUT2D eigenvalue weighted by Crippen LogP contribution is -2.53. The van der Waals surface area contributed by atoms with E-state index in [0.29, 0.717) is 41.5 Å². The molecule has 0 spiro atoms. The number of hydrogen-bond acceptors (Lipinski definition) is 5. The molecule has 1 fully saturated rings. The molecule has 1 unspecified atom stereocenters. The molecule has 7 heteroatoms. The largest absolute Gasteiger partial charge is 0.486 e. The predicted molar refractivity (Wildman–Crippen MR) is 114 cm³/mol. The van der Waals surface area contributed by atoms with E-state index < -0.39 is 0 Å². The third kappa shape index (κ3) is 3.24. The van der Waals surface area contributed by atoms with Crippen molar-refractivity contribution in [1.82, 2.24) is 4.90 Å². The van der Waals surface area contributed by atoms with Crippen molar-refractivity contribution in [2.45, 2.75) is 31.8 Å². The van der Waals surface area contributed by atoms with E-state index in [0.717, 1.165) is 37.9 Å². The van der Waals surface area contributed by atoms with Crippen molar-refractivity contribution in [3.8, 4) is 11.5 Å². The van der Waals surface area contributed by atoms with Gasteiger partial charge in [0.25, 0.3) is 11.8 Å². The molecule has 5 rings (SSSR count). The molecule has 1 N–H and O–H groups in total. The van der Waals surface area contributed by atoms with Gasteiger partial charge in [-0.15, -0.1) is 0 Å². The summed E-state index contributed by atoms with van der Waals surface area (Å²) in [4.78, 5) is 30.0. The first kappa shape index (κ1) is 18.8. The summed E-state index contributed by atoms with van der Waals surface area (Å²) in [6.45, 7) is 1.81. The molecular formula is C23H25N3O4. The van der Waals surface area contributed by atoms with Gasteiger partial charge in [0.1, 0.15) is 19.4 Å². The van der Waals surface area contributed by atoms with Crippen LogP contribution in [0, 0.1) is 0 Å². The van der Waals surface area contributed by atoms with E-state index in [1.54, 1.807) is 30.3 Å². The summed E-state index contributed by atoms with van der Waals surface area (Å²) in [6.07, 6.45) is 4.31. The molecule has 3 heterocycles. The fourth-order valence-corrected chi connectivity index (χ4v) is 4.52. The lowest BCUT2D eigenvalue weighted by molar-refractivity contribution is 0.0661. The Kier molecular flexibility index (Phi) is 4.73. The molecule has 1 atom stereocenters. The third-order valence-electron chi connectivity index (χ3n) is 6.10. The van der Waals surface area contributed by atoms with Crippen LogP contribution in [0.4, 0.5) is 11.4 Å². The molecule has 1 saturated heterocycles. The van der Waals surface area contributed by atoms with E-state index >= 15 is 0 Å². The van der Waals surface area contributed by atoms with Crippen molar-refractivity contribution in [3.63, 3.8) is 0 Å². The third-order valence-corrected chi connectivity index (χ3v) is 6.10. The molecule has 0 saturated carbocycles. The summed E-state index contributed by atoms with van der Waals surface area (Å²) in [5.74, 6) is 1.15. The van der Waals surface area contributed by atoms with Gasteiger partial charge in [0, 0.05) is 30.9 Å². The van der Waals surface area contributed by atoms with E-state index in [9.17, 15) is 9.59 Å². The van der Waals surface area contributed by atoms with E-state index in [2.05, 4.69) is 10.2 Å². The monoisotopic (exact) mass is 407 g/mol. The maximum Gasteiger partial charge on any atom is 0.257 e. The molecule has 3 aliphatic rings. The van der Waals surface area contributed by atoms with Crippen molar-refractivity contribution in [2.24, 2.45) is 0 Å². The van der Waals surface area contributed by atoms with Gasteiger partial charge >= 0.3 is 0 Å². The molecule has 156 valence electrons. The van der Waals surface area contributed by atoms with Crippen LogP contribution in [-0.2, 0) is 0 Å². The van der Waals surface area contributed by atoms with Gasteiger partial charge in [0.05, 0.1) is 11.3 Å². The lowest BCUT2D eigenvalue weighted by atomic mass is 10.0. The zero-order valence-corrected chi connectivity index (χ0v) is 17.0. The van der Waals surface area contributed by atoms with Gasteiger partial charge in [0.15, 0.2) is 11.5 Å². The second-order valence-corrected chi connectivity index (χ2v) is 7.98. The number of carbonyl (C=O) groups excluding carboxylic acids is 2. The molecular weight excluding hydrogens is 382 g/mol. The Labute approximate surface area is 175 Å². The molecule has 2 aromatic rings. The van der Waals surface area contributed by atoms with Gasteiger partial charge in [-0.25, -0.2) is 0 Å². The summed E-state index contributed by atoms with van der Waals surface area (Å²) in [5, 5.41) is 2.92. The maximum atomic E-state index is 13.0. The van der Waals surface area contributed by atoms with Crippen LogP contribution in [0.1, 0.15) is 46.4 Å². The van der Waals surface area contributed by atoms with Crippen molar-refractivity contribution in [3.05, 3.63) is 47.5 Å². The van der Waals surface area contributed by atoms with E-state index in [1.807, 2.05) is 18.0 Å². The van der Waals surface area contributed by atoms with Gasteiger partial charge < -0.3 is 24.6 Å². The summed E-state index contributed by atoms with van der Waals surface area (Å²) in [7, 11) is 2.01. The van der Waals surface area contributed by atoms with Gasteiger partial charge in [-0.2, -0.15) is 0 Å². The highest BCUT2D eigenvalue weighted by molar-refractivity contribution is 6.08. The van der Waals surface area contributed by atoms with Crippen LogP contribution in [-0.4, -0.2) is 49.7 Å². The second-order valence-electron chi connectivity index (χ2n) is 7.98. The van der Waals surface area contributed by atoms with Crippen LogP contribution in [0.2, 0.25) is 0 Å². The number of hydrogen-bond donors (Lipinski definition) is 1. The highest BCUT2D eigenvalue weighted by Crippen LogP contribution is 2.35. The first-order chi connectivity index (χ1) is 14.6. The lowest BCUT2D eigenvalue weighted by Gasteiger charge is -2.43. The molecule has 7 nitrogen and oxygen atoms in total. The number of fused-ring (bicyclic) bond motifs is 3. The fraction of sp³-hybridized carbons (Fsp3) is 0.391. The Morgan fingerprint density at radius 1 is 1.03 bits per heavy atom. The first-order valence-electron chi connectivity index (χ1n) is 10.5. The topological polar surface area (TPSA) is 71.1 Å². The normalized spacial score (nSPS) is 20.2. The number of nitrogens with zero attached hydrogens (tertiary/aromatic N) is 2. The highest BCUT2D eigenvalue weighted by Gasteiger charge is 2.36. The van der Waals surface area contributed by atoms with Crippen LogP contribution in [0.15, 0.2) is 36.4 Å². The zero-order chi connectivity index (χ0) is 20.7.